The zero-order chi connectivity index (χ0) is 32.8. The average Bonchev–Trinajstić information content (AvgIpc) is 2.99. The molecular formula is C36H44ClN3O4Si. The van der Waals surface area contributed by atoms with Gasteiger partial charge >= 0.3 is 0 Å². The Morgan fingerprint density at radius 2 is 1.58 bits per heavy atom. The van der Waals surface area contributed by atoms with Crippen LogP contribution in [0.15, 0.2) is 83.7 Å². The highest BCUT2D eigenvalue weighted by Gasteiger charge is 2.37. The predicted molar refractivity (Wildman–Crippen MR) is 185 cm³/mol. The minimum Gasteiger partial charge on any atom is -0.481 e. The van der Waals surface area contributed by atoms with E-state index in [-0.39, 0.29) is 41.5 Å². The molecular weight excluding hydrogens is 602 g/mol. The quantitative estimate of drug-likeness (QED) is 0.157. The second-order valence-corrected chi connectivity index (χ2v) is 18.2. The van der Waals surface area contributed by atoms with E-state index in [0.29, 0.717) is 24.0 Å². The van der Waals surface area contributed by atoms with Crippen LogP contribution >= 0.6 is 11.6 Å². The number of hydrogen-bond acceptors (Lipinski definition) is 5. The molecule has 0 bridgehead atoms. The van der Waals surface area contributed by atoms with Gasteiger partial charge in [-0.15, -0.1) is 0 Å². The molecule has 1 N–H and O–H groups in total. The van der Waals surface area contributed by atoms with Crippen LogP contribution in [0.4, 0.5) is 0 Å². The predicted octanol–water partition coefficient (Wildman–Crippen LogP) is 8.13. The summed E-state index contributed by atoms with van der Waals surface area (Å²) in [5.74, 6) is -0.113. The average molecular weight is 646 g/mol. The molecule has 0 spiro atoms. The van der Waals surface area contributed by atoms with Crippen molar-refractivity contribution >= 4 is 25.8 Å². The summed E-state index contributed by atoms with van der Waals surface area (Å²) in [5, 5.41) is 0.668. The second-order valence-electron chi connectivity index (χ2n) is 13.0. The fraction of sp³-hybridized carbons (Fsp3) is 0.361. The van der Waals surface area contributed by atoms with Gasteiger partial charge in [0.25, 0.3) is 11.5 Å². The smallest absolute Gasteiger partial charge is 0.294 e. The van der Waals surface area contributed by atoms with Crippen LogP contribution in [0, 0.1) is 0 Å². The first-order chi connectivity index (χ1) is 21.3. The van der Waals surface area contributed by atoms with Gasteiger partial charge in [0.1, 0.15) is 12.4 Å². The zero-order valence-electron chi connectivity index (χ0n) is 27.3. The van der Waals surface area contributed by atoms with Crippen molar-refractivity contribution in [1.82, 2.24) is 14.9 Å². The number of H-pyrrole nitrogens is 1. The van der Waals surface area contributed by atoms with E-state index < -0.39 is 13.9 Å². The molecule has 9 heteroatoms. The van der Waals surface area contributed by atoms with E-state index >= 15 is 0 Å². The van der Waals surface area contributed by atoms with Crippen molar-refractivity contribution in [3.8, 4) is 16.9 Å². The number of hydrogen-bond donors (Lipinski definition) is 1. The number of aromatic amines is 1. The Bertz CT molecular complexity index is 1670. The fourth-order valence-corrected chi connectivity index (χ4v) is 6.02. The van der Waals surface area contributed by atoms with E-state index in [0.717, 1.165) is 22.3 Å². The summed E-state index contributed by atoms with van der Waals surface area (Å²) < 4.78 is 12.4. The Morgan fingerprint density at radius 1 is 0.956 bits per heavy atom. The van der Waals surface area contributed by atoms with Crippen LogP contribution in [0.25, 0.3) is 11.1 Å². The molecule has 0 aliphatic heterocycles. The van der Waals surface area contributed by atoms with E-state index in [1.165, 1.54) is 0 Å². The lowest BCUT2D eigenvalue weighted by atomic mass is 9.97. The van der Waals surface area contributed by atoms with Gasteiger partial charge in [-0.2, -0.15) is 0 Å². The van der Waals surface area contributed by atoms with Crippen LogP contribution in [0.5, 0.6) is 5.75 Å². The molecule has 238 valence electrons. The van der Waals surface area contributed by atoms with Gasteiger partial charge in [-0.25, -0.2) is 4.98 Å². The molecule has 0 aliphatic rings. The molecule has 45 heavy (non-hydrogen) atoms. The van der Waals surface area contributed by atoms with Crippen LogP contribution in [0.2, 0.25) is 23.2 Å². The van der Waals surface area contributed by atoms with Crippen molar-refractivity contribution in [3.63, 3.8) is 0 Å². The number of aromatic nitrogens is 2. The molecule has 0 saturated carbocycles. The lowest BCUT2D eigenvalue weighted by Crippen LogP contribution is -2.45. The molecule has 0 radical (unpaired) electrons. The van der Waals surface area contributed by atoms with Gasteiger partial charge in [-0.1, -0.05) is 105 Å². The summed E-state index contributed by atoms with van der Waals surface area (Å²) in [6.45, 7) is 15.7. The van der Waals surface area contributed by atoms with Gasteiger partial charge in [0, 0.05) is 29.6 Å². The third-order valence-corrected chi connectivity index (χ3v) is 13.2. The van der Waals surface area contributed by atoms with E-state index in [1.807, 2.05) is 92.7 Å². The van der Waals surface area contributed by atoms with Gasteiger partial charge < -0.3 is 19.0 Å². The molecule has 1 heterocycles. The normalized spacial score (nSPS) is 11.9. The number of nitrogens with zero attached hydrogens (tertiary/aromatic N) is 2. The standard InChI is InChI=1S/C36H44ClN3O4Si/c1-25(2)40(21-22-44-45(6,7)36(3,4)5)35(42)32-33(43-24-26-15-9-8-10-16-26)34(41)39-31(38-32)23-27-17-11-12-18-28(27)29-19-13-14-20-30(29)37/h8-20,25H,21-24H2,1-7H3,(H,38,39,41). The minimum absolute atomic E-state index is 0.0130. The Hall–Kier alpha value is -3.72. The molecule has 0 fully saturated rings. The number of nitrogens with one attached hydrogen (secondary N) is 1. The van der Waals surface area contributed by atoms with Crippen LogP contribution in [-0.4, -0.2) is 48.3 Å². The maximum atomic E-state index is 14.2. The topological polar surface area (TPSA) is 84.5 Å². The first-order valence-corrected chi connectivity index (χ1v) is 18.6. The van der Waals surface area contributed by atoms with Gasteiger partial charge in [0.2, 0.25) is 5.75 Å². The Morgan fingerprint density at radius 3 is 2.22 bits per heavy atom. The minimum atomic E-state index is -2.02. The molecule has 0 saturated heterocycles. The summed E-state index contributed by atoms with van der Waals surface area (Å²) in [7, 11) is -2.02. The number of rotatable bonds is 12. The van der Waals surface area contributed by atoms with E-state index in [9.17, 15) is 9.59 Å². The number of ether oxygens (including phenoxy) is 1. The molecule has 1 aromatic heterocycles. The summed E-state index contributed by atoms with van der Waals surface area (Å²) in [6.07, 6.45) is 0.284. The SMILES string of the molecule is CC(C)N(CCO[Si](C)(C)C(C)(C)C)C(=O)c1nc(Cc2ccccc2-c2ccccc2Cl)[nH]c(=O)c1OCc1ccccc1. The van der Waals surface area contributed by atoms with Crippen molar-refractivity contribution in [2.75, 3.05) is 13.2 Å². The van der Waals surface area contributed by atoms with Crippen LogP contribution < -0.4 is 10.3 Å². The second kappa shape index (κ2) is 14.6. The number of carbonyl (C=O) groups is 1. The number of halogens is 1. The third kappa shape index (κ3) is 8.51. The van der Waals surface area contributed by atoms with Gasteiger partial charge in [0.05, 0.1) is 6.61 Å². The van der Waals surface area contributed by atoms with E-state index in [1.54, 1.807) is 4.90 Å². The van der Waals surface area contributed by atoms with Crippen LogP contribution in [-0.2, 0) is 17.5 Å². The zero-order valence-corrected chi connectivity index (χ0v) is 29.1. The third-order valence-electron chi connectivity index (χ3n) is 8.38. The Labute approximate surface area is 272 Å². The molecule has 7 nitrogen and oxygen atoms in total. The summed E-state index contributed by atoms with van der Waals surface area (Å²) in [4.78, 5) is 37.2. The van der Waals surface area contributed by atoms with E-state index in [4.69, 9.17) is 25.7 Å². The van der Waals surface area contributed by atoms with Crippen molar-refractivity contribution in [1.29, 1.82) is 0 Å². The largest absolute Gasteiger partial charge is 0.481 e. The molecule has 3 aromatic carbocycles. The lowest BCUT2D eigenvalue weighted by molar-refractivity contribution is 0.0657. The van der Waals surface area contributed by atoms with Crippen molar-refractivity contribution < 1.29 is 14.0 Å². The molecule has 0 unspecified atom stereocenters. The molecule has 4 rings (SSSR count). The summed E-state index contributed by atoms with van der Waals surface area (Å²) in [6, 6.07) is 24.8. The van der Waals surface area contributed by atoms with E-state index in [2.05, 4.69) is 38.8 Å². The molecule has 4 aromatic rings. The highest BCUT2D eigenvalue weighted by atomic mass is 35.5. The van der Waals surface area contributed by atoms with Crippen LogP contribution in [0.1, 0.15) is 62.1 Å². The van der Waals surface area contributed by atoms with Crippen molar-refractivity contribution in [2.45, 2.75) is 71.8 Å². The van der Waals surface area contributed by atoms with Crippen molar-refractivity contribution in [3.05, 3.63) is 117 Å². The first-order valence-electron chi connectivity index (χ1n) is 15.4. The number of amides is 1. The number of carbonyl (C=O) groups excluding carboxylic acids is 1. The molecule has 1 amide bonds. The molecule has 0 atom stereocenters. The highest BCUT2D eigenvalue weighted by Crippen LogP contribution is 2.36. The van der Waals surface area contributed by atoms with Gasteiger partial charge in [-0.3, -0.25) is 9.59 Å². The lowest BCUT2D eigenvalue weighted by Gasteiger charge is -2.37. The number of benzene rings is 3. The Balaban J connectivity index is 1.71. The van der Waals surface area contributed by atoms with Crippen LogP contribution in [0.3, 0.4) is 0 Å². The maximum absolute atomic E-state index is 14.2. The van der Waals surface area contributed by atoms with Gasteiger partial charge in [0.15, 0.2) is 14.0 Å². The maximum Gasteiger partial charge on any atom is 0.294 e. The molecule has 0 aliphatic carbocycles. The fourth-order valence-electron chi connectivity index (χ4n) is 4.74. The highest BCUT2D eigenvalue weighted by molar-refractivity contribution is 6.74. The first kappa shape index (κ1) is 34.2. The summed E-state index contributed by atoms with van der Waals surface area (Å²) in [5.41, 5.74) is 3.07. The monoisotopic (exact) mass is 645 g/mol. The summed E-state index contributed by atoms with van der Waals surface area (Å²) >= 11 is 6.54. The van der Waals surface area contributed by atoms with Crippen molar-refractivity contribution in [2.24, 2.45) is 0 Å². The van der Waals surface area contributed by atoms with Gasteiger partial charge in [-0.05, 0) is 54.7 Å². The Kier molecular flexibility index (Phi) is 11.1.